The number of hydrogen-bond donors (Lipinski definition) is 1. The maximum absolute atomic E-state index is 13.6. The molecule has 156 valence electrons. The fourth-order valence-electron chi connectivity index (χ4n) is 3.89. The minimum atomic E-state index is -0.0160. The third-order valence-corrected chi connectivity index (χ3v) is 5.68. The molecule has 30 heavy (non-hydrogen) atoms. The second-order valence-corrected chi connectivity index (χ2v) is 8.07. The Bertz CT molecular complexity index is 1010. The van der Waals surface area contributed by atoms with Crippen LogP contribution in [0.4, 0.5) is 5.95 Å². The lowest BCUT2D eigenvalue weighted by molar-refractivity contribution is 0.0539. The first-order valence-electron chi connectivity index (χ1n) is 10.0. The fraction of sp³-hybridized carbons (Fsp3) is 0.381. The number of carbonyl (C=O) groups is 1. The van der Waals surface area contributed by atoms with Crippen LogP contribution in [-0.2, 0) is 0 Å². The molecule has 4 rings (SSSR count). The van der Waals surface area contributed by atoms with E-state index >= 15 is 0 Å². The van der Waals surface area contributed by atoms with E-state index in [1.54, 1.807) is 24.8 Å². The van der Waals surface area contributed by atoms with Gasteiger partial charge in [-0.3, -0.25) is 4.79 Å². The smallest absolute Gasteiger partial charge is 0.256 e. The summed E-state index contributed by atoms with van der Waals surface area (Å²) in [4.78, 5) is 25.5. The number of piperidine rings is 1. The second kappa shape index (κ2) is 8.79. The predicted molar refractivity (Wildman–Crippen MR) is 115 cm³/mol. The molecule has 2 atom stereocenters. The van der Waals surface area contributed by atoms with Crippen LogP contribution in [-0.4, -0.2) is 54.9 Å². The van der Waals surface area contributed by atoms with Crippen molar-refractivity contribution in [2.75, 3.05) is 18.4 Å². The molecule has 1 unspecified atom stereocenters. The molecule has 1 aromatic carbocycles. The van der Waals surface area contributed by atoms with Gasteiger partial charge in [0.25, 0.3) is 5.91 Å². The summed E-state index contributed by atoms with van der Waals surface area (Å²) in [6.07, 6.45) is 8.37. The lowest BCUT2D eigenvalue weighted by Gasteiger charge is -2.40. The highest BCUT2D eigenvalue weighted by atomic mass is 35.5. The van der Waals surface area contributed by atoms with Crippen molar-refractivity contribution >= 4 is 23.5 Å². The van der Waals surface area contributed by atoms with Gasteiger partial charge < -0.3 is 10.2 Å². The molecular formula is C21H24ClN7O. The van der Waals surface area contributed by atoms with E-state index in [-0.39, 0.29) is 11.9 Å². The molecule has 1 saturated heterocycles. The molecule has 1 amide bonds. The molecule has 2 aromatic heterocycles. The maximum atomic E-state index is 13.6. The van der Waals surface area contributed by atoms with Gasteiger partial charge in [-0.15, -0.1) is 0 Å². The molecule has 3 heterocycles. The Labute approximate surface area is 180 Å². The topological polar surface area (TPSA) is 88.8 Å². The van der Waals surface area contributed by atoms with Crippen LogP contribution >= 0.6 is 11.6 Å². The van der Waals surface area contributed by atoms with Crippen LogP contribution in [0.3, 0.4) is 0 Å². The number of hydrogen-bond acceptors (Lipinski definition) is 6. The third kappa shape index (κ3) is 4.28. The van der Waals surface area contributed by atoms with Gasteiger partial charge in [0.1, 0.15) is 0 Å². The van der Waals surface area contributed by atoms with Crippen molar-refractivity contribution in [2.24, 2.45) is 5.92 Å². The lowest BCUT2D eigenvalue weighted by atomic mass is 9.90. The molecule has 1 N–H and O–H groups in total. The van der Waals surface area contributed by atoms with Gasteiger partial charge in [0, 0.05) is 13.1 Å². The summed E-state index contributed by atoms with van der Waals surface area (Å²) in [5.41, 5.74) is 2.33. The Kier molecular flexibility index (Phi) is 5.94. The zero-order chi connectivity index (χ0) is 21.1. The number of amides is 1. The van der Waals surface area contributed by atoms with Crippen molar-refractivity contribution in [2.45, 2.75) is 32.7 Å². The minimum Gasteiger partial charge on any atom is -0.352 e. The summed E-state index contributed by atoms with van der Waals surface area (Å²) in [7, 11) is 0. The zero-order valence-electron chi connectivity index (χ0n) is 17.0. The van der Waals surface area contributed by atoms with Crippen LogP contribution in [0.25, 0.3) is 5.69 Å². The summed E-state index contributed by atoms with van der Waals surface area (Å²) in [5, 5.41) is 12.2. The van der Waals surface area contributed by atoms with Gasteiger partial charge in [0.05, 0.1) is 47.1 Å². The van der Waals surface area contributed by atoms with Crippen LogP contribution in [0.1, 0.15) is 35.7 Å². The number of aryl methyl sites for hydroxylation is 1. The molecule has 0 radical (unpaired) electrons. The Morgan fingerprint density at radius 3 is 2.70 bits per heavy atom. The summed E-state index contributed by atoms with van der Waals surface area (Å²) in [5.74, 6) is 0.832. The highest BCUT2D eigenvalue weighted by Gasteiger charge is 2.33. The van der Waals surface area contributed by atoms with Gasteiger partial charge in [0.15, 0.2) is 0 Å². The molecule has 1 fully saturated rings. The number of benzene rings is 1. The van der Waals surface area contributed by atoms with Gasteiger partial charge in [0.2, 0.25) is 5.95 Å². The quantitative estimate of drug-likeness (QED) is 0.674. The second-order valence-electron chi connectivity index (χ2n) is 7.63. The standard InChI is InChI=1S/C21H24ClN7O/c1-14-5-6-17(18(10-14)29-26-7-8-27-29)20(30)28-9-3-4-15(2)19(28)13-25-21-23-11-16(22)12-24-21/h5-8,10-12,15,19H,3-4,9,13H2,1-2H3,(H,23,24,25)/t15-,19?/m1/s1. The minimum absolute atomic E-state index is 0.0160. The first kappa shape index (κ1) is 20.3. The molecule has 0 bridgehead atoms. The van der Waals surface area contributed by atoms with E-state index < -0.39 is 0 Å². The van der Waals surface area contributed by atoms with E-state index in [2.05, 4.69) is 32.4 Å². The summed E-state index contributed by atoms with van der Waals surface area (Å²) < 4.78 is 0. The predicted octanol–water partition coefficient (Wildman–Crippen LogP) is 3.37. The van der Waals surface area contributed by atoms with Crippen LogP contribution in [0, 0.1) is 12.8 Å². The average Bonchev–Trinajstić information content (AvgIpc) is 3.28. The number of anilines is 1. The first-order chi connectivity index (χ1) is 14.5. The van der Waals surface area contributed by atoms with Crippen molar-refractivity contribution in [3.05, 3.63) is 59.1 Å². The van der Waals surface area contributed by atoms with E-state index in [4.69, 9.17) is 11.6 Å². The van der Waals surface area contributed by atoms with Crippen LogP contribution in [0.5, 0.6) is 0 Å². The summed E-state index contributed by atoms with van der Waals surface area (Å²) >= 11 is 5.87. The lowest BCUT2D eigenvalue weighted by Crippen LogP contribution is -2.51. The molecule has 1 aliphatic rings. The number of likely N-dealkylation sites (tertiary alicyclic amines) is 1. The van der Waals surface area contributed by atoms with Crippen LogP contribution in [0.2, 0.25) is 5.02 Å². The number of carbonyl (C=O) groups excluding carboxylic acids is 1. The van der Waals surface area contributed by atoms with E-state index in [0.717, 1.165) is 18.4 Å². The van der Waals surface area contributed by atoms with Gasteiger partial charge in [-0.05, 0) is 43.4 Å². The van der Waals surface area contributed by atoms with Gasteiger partial charge in [-0.2, -0.15) is 15.0 Å². The van der Waals surface area contributed by atoms with E-state index in [1.165, 1.54) is 4.80 Å². The zero-order valence-corrected chi connectivity index (χ0v) is 17.8. The molecule has 0 aliphatic carbocycles. The number of nitrogens with one attached hydrogen (secondary N) is 1. The number of nitrogens with zero attached hydrogens (tertiary/aromatic N) is 6. The fourth-order valence-corrected chi connectivity index (χ4v) is 3.99. The monoisotopic (exact) mass is 425 g/mol. The number of aromatic nitrogens is 5. The van der Waals surface area contributed by atoms with Crippen molar-refractivity contribution < 1.29 is 4.79 Å². The number of rotatable bonds is 5. The molecular weight excluding hydrogens is 402 g/mol. The molecule has 1 aliphatic heterocycles. The molecule has 8 nitrogen and oxygen atoms in total. The largest absolute Gasteiger partial charge is 0.352 e. The third-order valence-electron chi connectivity index (χ3n) is 5.48. The maximum Gasteiger partial charge on any atom is 0.256 e. The van der Waals surface area contributed by atoms with Gasteiger partial charge in [-0.1, -0.05) is 24.6 Å². The molecule has 0 spiro atoms. The Morgan fingerprint density at radius 2 is 1.97 bits per heavy atom. The summed E-state index contributed by atoms with van der Waals surface area (Å²) in [6.45, 7) is 5.44. The Morgan fingerprint density at radius 1 is 1.23 bits per heavy atom. The van der Waals surface area contributed by atoms with Crippen molar-refractivity contribution in [3.63, 3.8) is 0 Å². The molecule has 9 heteroatoms. The highest BCUT2D eigenvalue weighted by Crippen LogP contribution is 2.27. The van der Waals surface area contributed by atoms with Crippen molar-refractivity contribution in [1.82, 2.24) is 29.9 Å². The Balaban J connectivity index is 1.59. The van der Waals surface area contributed by atoms with Crippen molar-refractivity contribution in [3.8, 4) is 5.69 Å². The molecule has 3 aromatic rings. The average molecular weight is 426 g/mol. The normalized spacial score (nSPS) is 19.0. The van der Waals surface area contributed by atoms with Gasteiger partial charge in [-0.25, -0.2) is 9.97 Å². The first-order valence-corrected chi connectivity index (χ1v) is 10.4. The Hall–Kier alpha value is -3.00. The van der Waals surface area contributed by atoms with Crippen LogP contribution < -0.4 is 5.32 Å². The molecule has 0 saturated carbocycles. The van der Waals surface area contributed by atoms with E-state index in [9.17, 15) is 4.79 Å². The van der Waals surface area contributed by atoms with Crippen molar-refractivity contribution in [1.29, 1.82) is 0 Å². The summed E-state index contributed by atoms with van der Waals surface area (Å²) in [6, 6.07) is 5.77. The highest BCUT2D eigenvalue weighted by molar-refractivity contribution is 6.30. The van der Waals surface area contributed by atoms with E-state index in [0.29, 0.717) is 41.2 Å². The van der Waals surface area contributed by atoms with Gasteiger partial charge >= 0.3 is 0 Å². The number of halogens is 1. The van der Waals surface area contributed by atoms with Crippen LogP contribution in [0.15, 0.2) is 43.0 Å². The van der Waals surface area contributed by atoms with E-state index in [1.807, 2.05) is 30.0 Å². The SMILES string of the molecule is Cc1ccc(C(=O)N2CCC[C@@H](C)C2CNc2ncc(Cl)cn2)c(-n2nccn2)c1.